The highest BCUT2D eigenvalue weighted by molar-refractivity contribution is 5.39. The van der Waals surface area contributed by atoms with Crippen molar-refractivity contribution in [1.29, 1.82) is 0 Å². The third kappa shape index (κ3) is 1.65. The third-order valence-corrected chi connectivity index (χ3v) is 3.51. The van der Waals surface area contributed by atoms with E-state index in [0.717, 1.165) is 0 Å². The molecule has 0 radical (unpaired) electrons. The van der Waals surface area contributed by atoms with Gasteiger partial charge in [-0.1, -0.05) is 23.8 Å². The van der Waals surface area contributed by atoms with Gasteiger partial charge in [-0.15, -0.1) is 0 Å². The molecule has 1 fully saturated rings. The predicted octanol–water partition coefficient (Wildman–Crippen LogP) is 0.891. The average Bonchev–Trinajstić information content (AvgIpc) is 2.21. The highest BCUT2D eigenvalue weighted by Crippen LogP contribution is 2.37. The Morgan fingerprint density at radius 1 is 1.44 bits per heavy atom. The van der Waals surface area contributed by atoms with E-state index in [1.54, 1.807) is 0 Å². The first-order valence-electron chi connectivity index (χ1n) is 5.64. The molecule has 1 saturated heterocycles. The van der Waals surface area contributed by atoms with Gasteiger partial charge in [0.25, 0.3) is 0 Å². The quantitative estimate of drug-likeness (QED) is 0.797. The minimum atomic E-state index is -0.526. The number of hydrogen-bond acceptors (Lipinski definition) is 3. The SMILES string of the molecule is Cc1ccc(C)c(C2(C(O)CN)COC2)c1. The normalized spacial score (nSPS) is 20.2. The molecule has 3 N–H and O–H groups in total. The fraction of sp³-hybridized carbons (Fsp3) is 0.538. The maximum atomic E-state index is 10.1. The summed E-state index contributed by atoms with van der Waals surface area (Å²) in [4.78, 5) is 0. The Morgan fingerprint density at radius 3 is 2.62 bits per heavy atom. The molecule has 1 atom stereocenters. The van der Waals surface area contributed by atoms with Crippen molar-refractivity contribution in [3.63, 3.8) is 0 Å². The molecule has 88 valence electrons. The van der Waals surface area contributed by atoms with Gasteiger partial charge in [0, 0.05) is 6.54 Å². The molecule has 0 spiro atoms. The number of aliphatic hydroxyl groups is 1. The Labute approximate surface area is 96.2 Å². The molecule has 1 aromatic carbocycles. The van der Waals surface area contributed by atoms with Gasteiger partial charge in [0.2, 0.25) is 0 Å². The van der Waals surface area contributed by atoms with Crippen LogP contribution < -0.4 is 5.73 Å². The Balaban J connectivity index is 2.44. The zero-order valence-corrected chi connectivity index (χ0v) is 9.86. The van der Waals surface area contributed by atoms with Crippen molar-refractivity contribution in [3.05, 3.63) is 34.9 Å². The van der Waals surface area contributed by atoms with E-state index in [2.05, 4.69) is 32.0 Å². The minimum Gasteiger partial charge on any atom is -0.391 e. The van der Waals surface area contributed by atoms with Crippen LogP contribution in [0.4, 0.5) is 0 Å². The zero-order chi connectivity index (χ0) is 11.8. The van der Waals surface area contributed by atoms with Gasteiger partial charge in [-0.25, -0.2) is 0 Å². The first-order chi connectivity index (χ1) is 7.60. The van der Waals surface area contributed by atoms with Gasteiger partial charge in [-0.3, -0.25) is 0 Å². The van der Waals surface area contributed by atoms with E-state index < -0.39 is 6.10 Å². The number of rotatable bonds is 3. The lowest BCUT2D eigenvalue weighted by Crippen LogP contribution is -2.58. The lowest BCUT2D eigenvalue weighted by atomic mass is 9.72. The Kier molecular flexibility index (Phi) is 3.02. The second kappa shape index (κ2) is 4.17. The van der Waals surface area contributed by atoms with Crippen LogP contribution in [-0.4, -0.2) is 31.0 Å². The summed E-state index contributed by atoms with van der Waals surface area (Å²) in [6.07, 6.45) is -0.526. The number of nitrogens with two attached hydrogens (primary N) is 1. The smallest absolute Gasteiger partial charge is 0.0803 e. The maximum Gasteiger partial charge on any atom is 0.0803 e. The molecule has 16 heavy (non-hydrogen) atoms. The van der Waals surface area contributed by atoms with Crippen LogP contribution in [-0.2, 0) is 10.2 Å². The number of aliphatic hydroxyl groups excluding tert-OH is 1. The Morgan fingerprint density at radius 2 is 2.12 bits per heavy atom. The molecule has 3 nitrogen and oxygen atoms in total. The highest BCUT2D eigenvalue weighted by Gasteiger charge is 2.46. The Hall–Kier alpha value is -0.900. The van der Waals surface area contributed by atoms with Crippen molar-refractivity contribution >= 4 is 0 Å². The van der Waals surface area contributed by atoms with Gasteiger partial charge in [-0.2, -0.15) is 0 Å². The van der Waals surface area contributed by atoms with Gasteiger partial charge in [0.15, 0.2) is 0 Å². The van der Waals surface area contributed by atoms with E-state index >= 15 is 0 Å². The molecule has 1 unspecified atom stereocenters. The van der Waals surface area contributed by atoms with Gasteiger partial charge in [0.1, 0.15) is 0 Å². The van der Waals surface area contributed by atoms with Gasteiger partial charge < -0.3 is 15.6 Å². The Bertz CT molecular complexity index is 386. The first-order valence-corrected chi connectivity index (χ1v) is 5.64. The molecular weight excluding hydrogens is 202 g/mol. The summed E-state index contributed by atoms with van der Waals surface area (Å²) < 4.78 is 5.29. The largest absolute Gasteiger partial charge is 0.391 e. The molecule has 1 aromatic rings. The standard InChI is InChI=1S/C13H19NO2/c1-9-3-4-10(2)11(5-9)13(7-16-8-13)12(15)6-14/h3-5,12,15H,6-8,14H2,1-2H3. The van der Waals surface area contributed by atoms with Crippen LogP contribution in [0.25, 0.3) is 0 Å². The highest BCUT2D eigenvalue weighted by atomic mass is 16.5. The summed E-state index contributed by atoms with van der Waals surface area (Å²) in [5, 5.41) is 10.1. The fourth-order valence-corrected chi connectivity index (χ4v) is 2.35. The van der Waals surface area contributed by atoms with Crippen LogP contribution in [0, 0.1) is 13.8 Å². The van der Waals surface area contributed by atoms with E-state index in [-0.39, 0.29) is 12.0 Å². The van der Waals surface area contributed by atoms with E-state index in [0.29, 0.717) is 13.2 Å². The lowest BCUT2D eigenvalue weighted by molar-refractivity contribution is -0.117. The van der Waals surface area contributed by atoms with Crippen molar-refractivity contribution < 1.29 is 9.84 Å². The van der Waals surface area contributed by atoms with E-state index in [4.69, 9.17) is 10.5 Å². The van der Waals surface area contributed by atoms with Crippen LogP contribution in [0.1, 0.15) is 16.7 Å². The van der Waals surface area contributed by atoms with Crippen LogP contribution in [0.3, 0.4) is 0 Å². The number of ether oxygens (including phenoxy) is 1. The molecule has 1 heterocycles. The summed E-state index contributed by atoms with van der Waals surface area (Å²) in [6.45, 7) is 5.53. The van der Waals surface area contributed by atoms with Crippen LogP contribution in [0.5, 0.6) is 0 Å². The lowest BCUT2D eigenvalue weighted by Gasteiger charge is -2.46. The molecule has 0 amide bonds. The van der Waals surface area contributed by atoms with Crippen molar-refractivity contribution in [1.82, 2.24) is 0 Å². The van der Waals surface area contributed by atoms with E-state index in [1.807, 2.05) is 0 Å². The van der Waals surface area contributed by atoms with Gasteiger partial charge in [0.05, 0.1) is 24.7 Å². The zero-order valence-electron chi connectivity index (χ0n) is 9.86. The molecule has 0 saturated carbocycles. The van der Waals surface area contributed by atoms with Crippen LogP contribution >= 0.6 is 0 Å². The third-order valence-electron chi connectivity index (χ3n) is 3.51. The number of hydrogen-bond donors (Lipinski definition) is 2. The predicted molar refractivity (Wildman–Crippen MR) is 63.5 cm³/mol. The molecular formula is C13H19NO2. The summed E-state index contributed by atoms with van der Waals surface area (Å²) >= 11 is 0. The number of aryl methyl sites for hydroxylation is 2. The number of benzene rings is 1. The molecule has 0 bridgehead atoms. The minimum absolute atomic E-state index is 0.275. The molecule has 3 heteroatoms. The molecule has 0 aliphatic carbocycles. The summed E-state index contributed by atoms with van der Waals surface area (Å²) in [6, 6.07) is 6.31. The molecule has 0 aromatic heterocycles. The second-order valence-electron chi connectivity index (χ2n) is 4.72. The monoisotopic (exact) mass is 221 g/mol. The molecule has 1 aliphatic rings. The van der Waals surface area contributed by atoms with Crippen molar-refractivity contribution in [3.8, 4) is 0 Å². The van der Waals surface area contributed by atoms with Crippen LogP contribution in [0.2, 0.25) is 0 Å². The first kappa shape index (κ1) is 11.6. The topological polar surface area (TPSA) is 55.5 Å². The summed E-state index contributed by atoms with van der Waals surface area (Å²) in [7, 11) is 0. The van der Waals surface area contributed by atoms with Crippen molar-refractivity contribution in [2.75, 3.05) is 19.8 Å². The maximum absolute atomic E-state index is 10.1. The van der Waals surface area contributed by atoms with Crippen molar-refractivity contribution in [2.24, 2.45) is 5.73 Å². The van der Waals surface area contributed by atoms with E-state index in [9.17, 15) is 5.11 Å². The molecule has 2 rings (SSSR count). The fourth-order valence-electron chi connectivity index (χ4n) is 2.35. The van der Waals surface area contributed by atoms with Crippen molar-refractivity contribution in [2.45, 2.75) is 25.4 Å². The second-order valence-corrected chi connectivity index (χ2v) is 4.72. The molecule has 1 aliphatic heterocycles. The summed E-state index contributed by atoms with van der Waals surface area (Å²) in [5.74, 6) is 0. The summed E-state index contributed by atoms with van der Waals surface area (Å²) in [5.41, 5.74) is 8.88. The van der Waals surface area contributed by atoms with Crippen LogP contribution in [0.15, 0.2) is 18.2 Å². The van der Waals surface area contributed by atoms with E-state index in [1.165, 1.54) is 16.7 Å². The average molecular weight is 221 g/mol. The van der Waals surface area contributed by atoms with Gasteiger partial charge in [-0.05, 0) is 25.0 Å². The van der Waals surface area contributed by atoms with Gasteiger partial charge >= 0.3 is 0 Å².